The average molecular weight is 426 g/mol. The summed E-state index contributed by atoms with van der Waals surface area (Å²) in [6, 6.07) is 7.04. The molecule has 1 saturated carbocycles. The number of carbonyl (C=O) groups is 2. The molecule has 1 unspecified atom stereocenters. The van der Waals surface area contributed by atoms with Crippen molar-refractivity contribution in [1.29, 1.82) is 0 Å². The molecule has 2 heterocycles. The molecule has 2 fully saturated rings. The second-order valence-electron chi connectivity index (χ2n) is 8.31. The van der Waals surface area contributed by atoms with E-state index in [-0.39, 0.29) is 17.9 Å². The lowest BCUT2D eigenvalue weighted by atomic mass is 10.0. The standard InChI is InChI=1S/C23H31N5O3/c1-26-12-11-24-21(26)20(18-9-5-6-10-19(18)31-2)25-23(30)28-15-13-27(14-16-28)22(29)17-7-3-4-8-17/h5-6,9-12,17,20H,3-4,7-8,13-16H2,1-2H3,(H,25,30). The maximum atomic E-state index is 13.2. The summed E-state index contributed by atoms with van der Waals surface area (Å²) in [7, 11) is 3.53. The summed E-state index contributed by atoms with van der Waals surface area (Å²) in [6.45, 7) is 2.24. The third kappa shape index (κ3) is 4.52. The average Bonchev–Trinajstić information content (AvgIpc) is 3.49. The van der Waals surface area contributed by atoms with Crippen LogP contribution in [-0.2, 0) is 11.8 Å². The van der Waals surface area contributed by atoms with Crippen LogP contribution in [0.15, 0.2) is 36.7 Å². The molecule has 0 radical (unpaired) electrons. The first-order valence-corrected chi connectivity index (χ1v) is 11.0. The zero-order valence-electron chi connectivity index (χ0n) is 18.3. The lowest BCUT2D eigenvalue weighted by Crippen LogP contribution is -2.54. The Bertz CT molecular complexity index is 913. The molecule has 4 rings (SSSR count). The largest absolute Gasteiger partial charge is 0.496 e. The third-order valence-corrected chi connectivity index (χ3v) is 6.42. The quantitative estimate of drug-likeness (QED) is 0.799. The number of imidazole rings is 1. The normalized spacial score (nSPS) is 18.1. The van der Waals surface area contributed by atoms with Gasteiger partial charge in [-0.15, -0.1) is 0 Å². The number of rotatable bonds is 5. The van der Waals surface area contributed by atoms with Crippen molar-refractivity contribution in [3.05, 3.63) is 48.0 Å². The molecule has 1 saturated heterocycles. The van der Waals surface area contributed by atoms with E-state index >= 15 is 0 Å². The summed E-state index contributed by atoms with van der Waals surface area (Å²) in [6.07, 6.45) is 7.88. The van der Waals surface area contributed by atoms with E-state index in [4.69, 9.17) is 4.74 Å². The van der Waals surface area contributed by atoms with Crippen molar-refractivity contribution in [3.8, 4) is 5.75 Å². The van der Waals surface area contributed by atoms with Gasteiger partial charge in [0.05, 0.1) is 7.11 Å². The van der Waals surface area contributed by atoms with Crippen molar-refractivity contribution < 1.29 is 14.3 Å². The first kappa shape index (κ1) is 21.2. The highest BCUT2D eigenvalue weighted by Gasteiger charge is 2.32. The molecule has 3 amide bonds. The Morgan fingerprint density at radius 3 is 2.42 bits per heavy atom. The molecule has 0 bridgehead atoms. The highest BCUT2D eigenvalue weighted by atomic mass is 16.5. The molecule has 1 aliphatic carbocycles. The molecule has 1 atom stereocenters. The van der Waals surface area contributed by atoms with Crippen LogP contribution < -0.4 is 10.1 Å². The van der Waals surface area contributed by atoms with Gasteiger partial charge in [0, 0.05) is 57.1 Å². The lowest BCUT2D eigenvalue weighted by Gasteiger charge is -2.36. The van der Waals surface area contributed by atoms with Crippen molar-refractivity contribution in [2.75, 3.05) is 33.3 Å². The van der Waals surface area contributed by atoms with Gasteiger partial charge in [-0.25, -0.2) is 9.78 Å². The van der Waals surface area contributed by atoms with Crippen LogP contribution in [0.3, 0.4) is 0 Å². The maximum Gasteiger partial charge on any atom is 0.318 e. The van der Waals surface area contributed by atoms with E-state index in [1.807, 2.05) is 47.0 Å². The van der Waals surface area contributed by atoms with Gasteiger partial charge in [0.15, 0.2) is 0 Å². The number of hydrogen-bond acceptors (Lipinski definition) is 4. The number of aryl methyl sites for hydroxylation is 1. The number of piperazine rings is 1. The van der Waals surface area contributed by atoms with Crippen LogP contribution in [-0.4, -0.2) is 64.6 Å². The number of nitrogens with zero attached hydrogens (tertiary/aromatic N) is 4. The van der Waals surface area contributed by atoms with Gasteiger partial charge >= 0.3 is 6.03 Å². The monoisotopic (exact) mass is 425 g/mol. The Morgan fingerprint density at radius 1 is 1.10 bits per heavy atom. The van der Waals surface area contributed by atoms with E-state index in [9.17, 15) is 9.59 Å². The van der Waals surface area contributed by atoms with Crippen LogP contribution in [0.5, 0.6) is 5.75 Å². The molecule has 1 N–H and O–H groups in total. The summed E-state index contributed by atoms with van der Waals surface area (Å²) in [5, 5.41) is 3.14. The summed E-state index contributed by atoms with van der Waals surface area (Å²) < 4.78 is 7.43. The molecule has 8 nitrogen and oxygen atoms in total. The molecular weight excluding hydrogens is 394 g/mol. The molecule has 0 spiro atoms. The predicted octanol–water partition coefficient (Wildman–Crippen LogP) is 2.56. The number of methoxy groups -OCH3 is 1. The predicted molar refractivity (Wildman–Crippen MR) is 117 cm³/mol. The van der Waals surface area contributed by atoms with Crippen molar-refractivity contribution >= 4 is 11.9 Å². The number of hydrogen-bond donors (Lipinski definition) is 1. The van der Waals surface area contributed by atoms with Crippen LogP contribution in [0, 0.1) is 5.92 Å². The lowest BCUT2D eigenvalue weighted by molar-refractivity contribution is -0.136. The van der Waals surface area contributed by atoms with E-state index < -0.39 is 6.04 Å². The molecule has 31 heavy (non-hydrogen) atoms. The van der Waals surface area contributed by atoms with Gasteiger partial charge in [-0.3, -0.25) is 4.79 Å². The SMILES string of the molecule is COc1ccccc1C(NC(=O)N1CCN(C(=O)C2CCCC2)CC1)c1nccn1C. The molecule has 8 heteroatoms. The van der Waals surface area contributed by atoms with E-state index in [1.165, 1.54) is 0 Å². The fraction of sp³-hybridized carbons (Fsp3) is 0.522. The fourth-order valence-corrected chi connectivity index (χ4v) is 4.62. The van der Waals surface area contributed by atoms with E-state index in [0.717, 1.165) is 37.1 Å². The molecule has 2 aromatic rings. The summed E-state index contributed by atoms with van der Waals surface area (Å²) in [5.74, 6) is 1.87. The van der Waals surface area contributed by atoms with Crippen molar-refractivity contribution in [2.45, 2.75) is 31.7 Å². The van der Waals surface area contributed by atoms with Gasteiger partial charge in [-0.05, 0) is 18.9 Å². The maximum absolute atomic E-state index is 13.2. The number of para-hydroxylation sites is 1. The van der Waals surface area contributed by atoms with Gasteiger partial charge < -0.3 is 24.4 Å². The Labute approximate surface area is 183 Å². The molecule has 1 aliphatic heterocycles. The first-order chi connectivity index (χ1) is 15.1. The summed E-state index contributed by atoms with van der Waals surface area (Å²) in [4.78, 5) is 34.0. The highest BCUT2D eigenvalue weighted by molar-refractivity contribution is 5.80. The van der Waals surface area contributed by atoms with Crippen LogP contribution in [0.25, 0.3) is 0 Å². The Morgan fingerprint density at radius 2 is 1.77 bits per heavy atom. The number of carbonyl (C=O) groups excluding carboxylic acids is 2. The fourth-order valence-electron chi connectivity index (χ4n) is 4.62. The van der Waals surface area contributed by atoms with Gasteiger partial charge in [0.1, 0.15) is 17.6 Å². The Hall–Kier alpha value is -3.03. The minimum Gasteiger partial charge on any atom is -0.496 e. The number of aromatic nitrogens is 2. The van der Waals surface area contributed by atoms with Gasteiger partial charge in [-0.2, -0.15) is 0 Å². The topological polar surface area (TPSA) is 79.7 Å². The highest BCUT2D eigenvalue weighted by Crippen LogP contribution is 2.30. The Balaban J connectivity index is 1.45. The van der Waals surface area contributed by atoms with Gasteiger partial charge in [-0.1, -0.05) is 31.0 Å². The molecule has 166 valence electrons. The van der Waals surface area contributed by atoms with Crippen LogP contribution in [0.4, 0.5) is 4.79 Å². The van der Waals surface area contributed by atoms with E-state index in [2.05, 4.69) is 10.3 Å². The zero-order valence-corrected chi connectivity index (χ0v) is 18.3. The van der Waals surface area contributed by atoms with Gasteiger partial charge in [0.2, 0.25) is 5.91 Å². The smallest absolute Gasteiger partial charge is 0.318 e. The Kier molecular flexibility index (Phi) is 6.44. The van der Waals surface area contributed by atoms with E-state index in [0.29, 0.717) is 31.9 Å². The van der Waals surface area contributed by atoms with Crippen molar-refractivity contribution in [2.24, 2.45) is 13.0 Å². The van der Waals surface area contributed by atoms with Crippen molar-refractivity contribution in [1.82, 2.24) is 24.7 Å². The molecular formula is C23H31N5O3. The number of benzene rings is 1. The zero-order chi connectivity index (χ0) is 21.8. The second-order valence-corrected chi connectivity index (χ2v) is 8.31. The molecule has 1 aromatic carbocycles. The molecule has 2 aliphatic rings. The number of amides is 3. The second kappa shape index (κ2) is 9.41. The minimum atomic E-state index is -0.443. The third-order valence-electron chi connectivity index (χ3n) is 6.42. The summed E-state index contributed by atoms with van der Waals surface area (Å²) >= 11 is 0. The van der Waals surface area contributed by atoms with Gasteiger partial charge in [0.25, 0.3) is 0 Å². The summed E-state index contributed by atoms with van der Waals surface area (Å²) in [5.41, 5.74) is 0.850. The van der Waals surface area contributed by atoms with Crippen molar-refractivity contribution in [3.63, 3.8) is 0 Å². The number of ether oxygens (including phenoxy) is 1. The van der Waals surface area contributed by atoms with E-state index in [1.54, 1.807) is 18.2 Å². The number of urea groups is 1. The number of nitrogens with one attached hydrogen (secondary N) is 1. The first-order valence-electron chi connectivity index (χ1n) is 11.0. The van der Waals surface area contributed by atoms with Crippen LogP contribution >= 0.6 is 0 Å². The van der Waals surface area contributed by atoms with Crippen LogP contribution in [0.1, 0.15) is 43.1 Å². The molecule has 1 aromatic heterocycles. The minimum absolute atomic E-state index is 0.160. The van der Waals surface area contributed by atoms with Crippen LogP contribution in [0.2, 0.25) is 0 Å².